The van der Waals surface area contributed by atoms with Crippen molar-refractivity contribution < 1.29 is 29.0 Å². The number of amides is 2. The first-order valence-corrected chi connectivity index (χ1v) is 10.6. The normalized spacial score (nSPS) is 12.4. The molecule has 0 atom stereocenters. The van der Waals surface area contributed by atoms with Crippen LogP contribution in [0.5, 0.6) is 11.5 Å². The highest BCUT2D eigenvalue weighted by Crippen LogP contribution is 2.30. The molecular weight excluding hydrogens is 446 g/mol. The van der Waals surface area contributed by atoms with Crippen LogP contribution in [0.1, 0.15) is 47.0 Å². The van der Waals surface area contributed by atoms with Crippen LogP contribution in [-0.4, -0.2) is 23.6 Å². The van der Waals surface area contributed by atoms with Gasteiger partial charge >= 0.3 is 0 Å². The van der Waals surface area contributed by atoms with Gasteiger partial charge in [0.15, 0.2) is 5.78 Å². The van der Waals surface area contributed by atoms with Crippen molar-refractivity contribution in [3.63, 3.8) is 0 Å². The van der Waals surface area contributed by atoms with E-state index in [0.29, 0.717) is 22.7 Å². The highest BCUT2D eigenvalue weighted by Gasteiger charge is 2.37. The number of carboxylic acids is 1. The Morgan fingerprint density at radius 1 is 0.629 bits per heavy atom. The van der Waals surface area contributed by atoms with Crippen LogP contribution in [0.3, 0.4) is 0 Å². The van der Waals surface area contributed by atoms with E-state index < -0.39 is 17.8 Å². The van der Waals surface area contributed by atoms with Gasteiger partial charge in [0.1, 0.15) is 11.5 Å². The number of rotatable bonds is 6. The number of ketones is 1. The molecule has 0 unspecified atom stereocenters. The summed E-state index contributed by atoms with van der Waals surface area (Å²) in [6, 6.07) is 25.3. The molecule has 0 aromatic heterocycles. The first-order chi connectivity index (χ1) is 16.9. The second-order valence-corrected chi connectivity index (χ2v) is 7.81. The molecule has 170 valence electrons. The third-order valence-electron chi connectivity index (χ3n) is 5.61. The molecule has 7 heteroatoms. The third kappa shape index (κ3) is 4.06. The van der Waals surface area contributed by atoms with Crippen LogP contribution in [0.25, 0.3) is 0 Å². The van der Waals surface area contributed by atoms with E-state index in [1.807, 2.05) is 0 Å². The number of ether oxygens (including phenoxy) is 1. The highest BCUT2D eigenvalue weighted by molar-refractivity contribution is 6.34. The quantitative estimate of drug-likeness (QED) is 0.318. The Morgan fingerprint density at radius 3 is 1.77 bits per heavy atom. The summed E-state index contributed by atoms with van der Waals surface area (Å²) in [5.41, 5.74) is 1.61. The van der Waals surface area contributed by atoms with Gasteiger partial charge in [-0.2, -0.15) is 0 Å². The summed E-state index contributed by atoms with van der Waals surface area (Å²) in [5.74, 6) is -1.60. The van der Waals surface area contributed by atoms with Crippen LogP contribution in [0, 0.1) is 0 Å². The monoisotopic (exact) mass is 462 g/mol. The second-order valence-electron chi connectivity index (χ2n) is 7.81. The van der Waals surface area contributed by atoms with Crippen molar-refractivity contribution in [1.29, 1.82) is 0 Å². The Bertz CT molecular complexity index is 1470. The highest BCUT2D eigenvalue weighted by atomic mass is 16.5. The van der Waals surface area contributed by atoms with Crippen LogP contribution in [0.2, 0.25) is 0 Å². The van der Waals surface area contributed by atoms with E-state index in [9.17, 15) is 24.3 Å². The number of benzene rings is 4. The van der Waals surface area contributed by atoms with Gasteiger partial charge in [0, 0.05) is 11.1 Å². The average molecular weight is 462 g/mol. The lowest BCUT2D eigenvalue weighted by Gasteiger charge is -2.13. The number of hydrogen-bond donors (Lipinski definition) is 0. The number of anilines is 1. The fourth-order valence-corrected chi connectivity index (χ4v) is 3.83. The molecule has 0 fully saturated rings. The first kappa shape index (κ1) is 21.8. The molecule has 2 amide bonds. The maximum atomic E-state index is 13.0. The minimum atomic E-state index is -1.27. The summed E-state index contributed by atoms with van der Waals surface area (Å²) in [7, 11) is 0. The molecule has 1 heterocycles. The Balaban J connectivity index is 1.34. The van der Waals surface area contributed by atoms with Gasteiger partial charge < -0.3 is 14.6 Å². The molecule has 0 radical (unpaired) electrons. The van der Waals surface area contributed by atoms with Crippen LogP contribution < -0.4 is 14.7 Å². The lowest BCUT2D eigenvalue weighted by Crippen LogP contribution is -2.29. The van der Waals surface area contributed by atoms with Gasteiger partial charge in [0.25, 0.3) is 11.8 Å². The number of carbonyl (C=O) groups is 4. The number of aromatic carboxylic acids is 1. The predicted octanol–water partition coefficient (Wildman–Crippen LogP) is 3.87. The molecule has 5 rings (SSSR count). The summed E-state index contributed by atoms with van der Waals surface area (Å²) in [4.78, 5) is 50.7. The summed E-state index contributed by atoms with van der Waals surface area (Å²) in [6.45, 7) is 0. The van der Waals surface area contributed by atoms with Crippen molar-refractivity contribution in [3.05, 3.63) is 125 Å². The van der Waals surface area contributed by atoms with E-state index in [-0.39, 0.29) is 28.0 Å². The lowest BCUT2D eigenvalue weighted by atomic mass is 9.99. The molecule has 4 aromatic carbocycles. The zero-order valence-corrected chi connectivity index (χ0v) is 18.1. The number of carbonyl (C=O) groups excluding carboxylic acids is 4. The number of imide groups is 1. The largest absolute Gasteiger partial charge is 0.545 e. The van der Waals surface area contributed by atoms with Gasteiger partial charge in [-0.05, 0) is 78.4 Å². The van der Waals surface area contributed by atoms with Crippen LogP contribution >= 0.6 is 0 Å². The maximum absolute atomic E-state index is 13.0. The summed E-state index contributed by atoms with van der Waals surface area (Å²) in [5, 5.41) is 10.8. The Morgan fingerprint density at radius 2 is 1.17 bits per heavy atom. The topological polar surface area (TPSA) is 104 Å². The average Bonchev–Trinajstić information content (AvgIpc) is 3.14. The summed E-state index contributed by atoms with van der Waals surface area (Å²) >= 11 is 0. The number of hydrogen-bond acceptors (Lipinski definition) is 6. The second kappa shape index (κ2) is 8.72. The van der Waals surface area contributed by atoms with Gasteiger partial charge in [0.05, 0.1) is 22.8 Å². The number of fused-ring (bicyclic) bond motifs is 1. The van der Waals surface area contributed by atoms with Gasteiger partial charge in [-0.3, -0.25) is 14.4 Å². The molecule has 1 aliphatic rings. The minimum Gasteiger partial charge on any atom is -0.545 e. The minimum absolute atomic E-state index is 0.0414. The lowest BCUT2D eigenvalue weighted by molar-refractivity contribution is -0.255. The van der Waals surface area contributed by atoms with Crippen molar-refractivity contribution >= 4 is 29.3 Å². The molecule has 0 bridgehead atoms. The molecule has 7 nitrogen and oxygen atoms in total. The van der Waals surface area contributed by atoms with Gasteiger partial charge in [-0.25, -0.2) is 4.90 Å². The molecular formula is C28H16NO6-. The molecule has 4 aromatic rings. The van der Waals surface area contributed by atoms with Crippen LogP contribution in [0.15, 0.2) is 97.1 Å². The molecule has 0 saturated heterocycles. The maximum Gasteiger partial charge on any atom is 0.266 e. The van der Waals surface area contributed by atoms with E-state index in [1.165, 1.54) is 42.5 Å². The van der Waals surface area contributed by atoms with Crippen molar-refractivity contribution in [3.8, 4) is 11.5 Å². The molecule has 1 aliphatic heterocycles. The van der Waals surface area contributed by atoms with E-state index in [0.717, 1.165) is 4.90 Å². The smallest absolute Gasteiger partial charge is 0.266 e. The third-order valence-corrected chi connectivity index (χ3v) is 5.61. The fraction of sp³-hybridized carbons (Fsp3) is 0. The summed E-state index contributed by atoms with van der Waals surface area (Å²) < 4.78 is 5.68. The van der Waals surface area contributed by atoms with Crippen LogP contribution in [0.4, 0.5) is 5.69 Å². The molecule has 0 saturated carbocycles. The van der Waals surface area contributed by atoms with Gasteiger partial charge in [-0.15, -0.1) is 0 Å². The number of para-hydroxylation sites is 1. The van der Waals surface area contributed by atoms with Crippen molar-refractivity contribution in [2.45, 2.75) is 0 Å². The van der Waals surface area contributed by atoms with Crippen molar-refractivity contribution in [2.24, 2.45) is 0 Å². The zero-order chi connectivity index (χ0) is 24.5. The van der Waals surface area contributed by atoms with Crippen molar-refractivity contribution in [2.75, 3.05) is 4.90 Å². The van der Waals surface area contributed by atoms with E-state index in [1.54, 1.807) is 54.6 Å². The predicted molar refractivity (Wildman–Crippen MR) is 125 cm³/mol. The SMILES string of the molecule is O=C([O-])c1ccc(Oc2ccc(C(=O)c3ccc4c(c3)C(=O)N(c3ccccc3)C4=O)cc2)cc1. The Labute approximate surface area is 199 Å². The van der Waals surface area contributed by atoms with Gasteiger partial charge in [0.2, 0.25) is 0 Å². The molecule has 35 heavy (non-hydrogen) atoms. The number of carboxylic acid groups (broad SMARTS) is 1. The van der Waals surface area contributed by atoms with E-state index >= 15 is 0 Å². The molecule has 0 N–H and O–H groups in total. The standard InChI is InChI=1S/C28H17NO6/c30-25(17-6-11-21(12-7-17)35-22-13-8-18(9-14-22)28(33)34)19-10-15-23-24(16-19)27(32)29(26(23)31)20-4-2-1-3-5-20/h1-16H,(H,33,34)/p-1. The van der Waals surface area contributed by atoms with Crippen LogP contribution in [-0.2, 0) is 0 Å². The number of nitrogens with zero attached hydrogens (tertiary/aromatic N) is 1. The van der Waals surface area contributed by atoms with E-state index in [2.05, 4.69) is 0 Å². The molecule has 0 spiro atoms. The van der Waals surface area contributed by atoms with Gasteiger partial charge in [-0.1, -0.05) is 24.3 Å². The van der Waals surface area contributed by atoms with E-state index in [4.69, 9.17) is 4.74 Å². The summed E-state index contributed by atoms with van der Waals surface area (Å²) in [6.07, 6.45) is 0. The fourth-order valence-electron chi connectivity index (χ4n) is 3.83. The zero-order valence-electron chi connectivity index (χ0n) is 18.1. The van der Waals surface area contributed by atoms with Crippen molar-refractivity contribution in [1.82, 2.24) is 0 Å². The Kier molecular flexibility index (Phi) is 5.43. The Hall–Kier alpha value is -5.04. The molecule has 0 aliphatic carbocycles. The first-order valence-electron chi connectivity index (χ1n) is 10.6.